The molecule has 0 saturated carbocycles. The topological polar surface area (TPSA) is 32.3 Å². The highest BCUT2D eigenvalue weighted by molar-refractivity contribution is 5.31. The monoisotopic (exact) mass is 225 g/mol. The molecule has 0 aliphatic carbocycles. The zero-order valence-electron chi connectivity index (χ0n) is 10.2. The van der Waals surface area contributed by atoms with Gasteiger partial charge in [-0.3, -0.25) is 0 Å². The highest BCUT2D eigenvalue weighted by atomic mass is 19.1. The molecule has 90 valence electrons. The molecule has 2 nitrogen and oxygen atoms in total. The molecule has 1 atom stereocenters. The Morgan fingerprint density at radius 3 is 2.75 bits per heavy atom. The maximum absolute atomic E-state index is 13.1. The van der Waals surface area contributed by atoms with Crippen molar-refractivity contribution in [3.63, 3.8) is 0 Å². The Hall–Kier alpha value is -0.930. The first-order valence-corrected chi connectivity index (χ1v) is 5.67. The van der Waals surface area contributed by atoms with Crippen LogP contribution in [0.5, 0.6) is 0 Å². The lowest BCUT2D eigenvalue weighted by molar-refractivity contribution is 0.0563. The molecule has 0 fully saturated rings. The van der Waals surface area contributed by atoms with E-state index in [1.807, 2.05) is 6.92 Å². The molecular formula is C13H20FNO. The zero-order chi connectivity index (χ0) is 12.2. The fourth-order valence-corrected chi connectivity index (χ4v) is 1.78. The van der Waals surface area contributed by atoms with E-state index in [0.717, 1.165) is 18.5 Å². The van der Waals surface area contributed by atoms with Crippen molar-refractivity contribution < 1.29 is 9.50 Å². The third-order valence-corrected chi connectivity index (χ3v) is 2.68. The number of benzene rings is 1. The summed E-state index contributed by atoms with van der Waals surface area (Å²) in [6.45, 7) is 6.94. The average Bonchev–Trinajstić information content (AvgIpc) is 2.22. The molecule has 3 heteroatoms. The minimum Gasteiger partial charge on any atom is -0.384 e. The van der Waals surface area contributed by atoms with Gasteiger partial charge in [0.15, 0.2) is 0 Å². The van der Waals surface area contributed by atoms with E-state index < -0.39 is 5.60 Å². The van der Waals surface area contributed by atoms with Crippen LogP contribution >= 0.6 is 0 Å². The first kappa shape index (κ1) is 13.1. The fourth-order valence-electron chi connectivity index (χ4n) is 1.78. The van der Waals surface area contributed by atoms with Gasteiger partial charge in [-0.1, -0.05) is 13.0 Å². The van der Waals surface area contributed by atoms with E-state index in [1.165, 1.54) is 12.1 Å². The lowest BCUT2D eigenvalue weighted by Crippen LogP contribution is -2.36. The zero-order valence-corrected chi connectivity index (χ0v) is 10.2. The second-order valence-electron chi connectivity index (χ2n) is 4.41. The van der Waals surface area contributed by atoms with E-state index in [2.05, 4.69) is 12.2 Å². The van der Waals surface area contributed by atoms with Gasteiger partial charge in [0.2, 0.25) is 0 Å². The van der Waals surface area contributed by atoms with Crippen molar-refractivity contribution in [2.75, 3.05) is 13.1 Å². The quantitative estimate of drug-likeness (QED) is 0.754. The highest BCUT2D eigenvalue weighted by Gasteiger charge is 2.24. The largest absolute Gasteiger partial charge is 0.384 e. The molecule has 0 radical (unpaired) electrons. The fraction of sp³-hybridized carbons (Fsp3) is 0.538. The van der Waals surface area contributed by atoms with Gasteiger partial charge >= 0.3 is 0 Å². The van der Waals surface area contributed by atoms with Gasteiger partial charge in [0.1, 0.15) is 5.82 Å². The molecule has 1 unspecified atom stereocenters. The third kappa shape index (κ3) is 3.29. The standard InChI is InChI=1S/C13H20FNO/c1-4-7-15-9-13(3,16)12-8-11(14)6-5-10(12)2/h5-6,8,15-16H,4,7,9H2,1-3H3. The van der Waals surface area contributed by atoms with Crippen LogP contribution in [0.1, 0.15) is 31.4 Å². The molecule has 0 bridgehead atoms. The molecule has 0 aliphatic heterocycles. The first-order valence-electron chi connectivity index (χ1n) is 5.67. The summed E-state index contributed by atoms with van der Waals surface area (Å²) >= 11 is 0. The van der Waals surface area contributed by atoms with Crippen LogP contribution in [-0.4, -0.2) is 18.2 Å². The van der Waals surface area contributed by atoms with Gasteiger partial charge in [-0.15, -0.1) is 0 Å². The van der Waals surface area contributed by atoms with E-state index in [1.54, 1.807) is 13.0 Å². The summed E-state index contributed by atoms with van der Waals surface area (Å²) in [4.78, 5) is 0. The number of hydrogen-bond acceptors (Lipinski definition) is 2. The van der Waals surface area contributed by atoms with Gasteiger partial charge in [0.25, 0.3) is 0 Å². The molecule has 0 amide bonds. The average molecular weight is 225 g/mol. The van der Waals surface area contributed by atoms with Gasteiger partial charge in [0, 0.05) is 6.54 Å². The van der Waals surface area contributed by atoms with Crippen LogP contribution in [0.25, 0.3) is 0 Å². The summed E-state index contributed by atoms with van der Waals surface area (Å²) in [6, 6.07) is 4.51. The second-order valence-corrected chi connectivity index (χ2v) is 4.41. The Bertz CT molecular complexity index is 350. The smallest absolute Gasteiger partial charge is 0.123 e. The lowest BCUT2D eigenvalue weighted by atomic mass is 9.92. The summed E-state index contributed by atoms with van der Waals surface area (Å²) in [5.74, 6) is -0.309. The van der Waals surface area contributed by atoms with Crippen LogP contribution < -0.4 is 5.32 Å². The normalized spacial score (nSPS) is 14.8. The molecule has 2 N–H and O–H groups in total. The molecule has 1 aromatic rings. The Balaban J connectivity index is 2.83. The molecule has 0 saturated heterocycles. The maximum atomic E-state index is 13.1. The Kier molecular flexibility index (Phi) is 4.44. The van der Waals surface area contributed by atoms with Gasteiger partial charge in [0.05, 0.1) is 5.60 Å². The number of rotatable bonds is 5. The van der Waals surface area contributed by atoms with Crippen molar-refractivity contribution >= 4 is 0 Å². The Morgan fingerprint density at radius 2 is 2.12 bits per heavy atom. The van der Waals surface area contributed by atoms with Crippen molar-refractivity contribution in [2.45, 2.75) is 32.8 Å². The number of hydrogen-bond donors (Lipinski definition) is 2. The van der Waals surface area contributed by atoms with Crippen LogP contribution in [0.2, 0.25) is 0 Å². The van der Waals surface area contributed by atoms with Crippen LogP contribution in [0, 0.1) is 12.7 Å². The highest BCUT2D eigenvalue weighted by Crippen LogP contribution is 2.24. The predicted molar refractivity (Wildman–Crippen MR) is 63.9 cm³/mol. The van der Waals surface area contributed by atoms with Crippen molar-refractivity contribution in [2.24, 2.45) is 0 Å². The van der Waals surface area contributed by atoms with Crippen LogP contribution in [0.4, 0.5) is 4.39 Å². The minimum atomic E-state index is -1.03. The molecule has 0 aromatic heterocycles. The summed E-state index contributed by atoms with van der Waals surface area (Å²) < 4.78 is 13.1. The van der Waals surface area contributed by atoms with E-state index in [-0.39, 0.29) is 5.82 Å². The molecule has 0 aliphatic rings. The number of aryl methyl sites for hydroxylation is 1. The van der Waals surface area contributed by atoms with Gasteiger partial charge < -0.3 is 10.4 Å². The number of aliphatic hydroxyl groups is 1. The van der Waals surface area contributed by atoms with Gasteiger partial charge in [-0.05, 0) is 50.1 Å². The molecule has 0 heterocycles. The second kappa shape index (κ2) is 5.41. The van der Waals surface area contributed by atoms with Crippen molar-refractivity contribution in [3.8, 4) is 0 Å². The number of halogens is 1. The van der Waals surface area contributed by atoms with E-state index in [9.17, 15) is 9.50 Å². The molecule has 1 aromatic carbocycles. The summed E-state index contributed by atoms with van der Waals surface area (Å²) in [6.07, 6.45) is 1.01. The van der Waals surface area contributed by atoms with Gasteiger partial charge in [-0.25, -0.2) is 4.39 Å². The van der Waals surface area contributed by atoms with Crippen LogP contribution in [-0.2, 0) is 5.60 Å². The molecule has 16 heavy (non-hydrogen) atoms. The lowest BCUT2D eigenvalue weighted by Gasteiger charge is -2.26. The van der Waals surface area contributed by atoms with Crippen molar-refractivity contribution in [1.29, 1.82) is 0 Å². The number of nitrogens with one attached hydrogen (secondary N) is 1. The predicted octanol–water partition coefficient (Wildman–Crippen LogP) is 2.34. The van der Waals surface area contributed by atoms with E-state index >= 15 is 0 Å². The summed E-state index contributed by atoms with van der Waals surface area (Å²) in [7, 11) is 0. The van der Waals surface area contributed by atoms with Crippen molar-refractivity contribution in [3.05, 3.63) is 35.1 Å². The third-order valence-electron chi connectivity index (χ3n) is 2.68. The molecule has 1 rings (SSSR count). The van der Waals surface area contributed by atoms with Gasteiger partial charge in [-0.2, -0.15) is 0 Å². The van der Waals surface area contributed by atoms with Crippen molar-refractivity contribution in [1.82, 2.24) is 5.32 Å². The van der Waals surface area contributed by atoms with E-state index in [0.29, 0.717) is 12.1 Å². The Labute approximate surface area is 96.5 Å². The SMILES string of the molecule is CCCNCC(C)(O)c1cc(F)ccc1C. The molecular weight excluding hydrogens is 205 g/mol. The first-order chi connectivity index (χ1) is 7.47. The maximum Gasteiger partial charge on any atom is 0.123 e. The minimum absolute atomic E-state index is 0.309. The molecule has 0 spiro atoms. The van der Waals surface area contributed by atoms with Crippen LogP contribution in [0.15, 0.2) is 18.2 Å². The van der Waals surface area contributed by atoms with Crippen LogP contribution in [0.3, 0.4) is 0 Å². The van der Waals surface area contributed by atoms with E-state index in [4.69, 9.17) is 0 Å². The Morgan fingerprint density at radius 1 is 1.44 bits per heavy atom. The summed E-state index contributed by atoms with van der Waals surface area (Å²) in [5.41, 5.74) is 0.530. The summed E-state index contributed by atoms with van der Waals surface area (Å²) in [5, 5.41) is 13.4.